The maximum atomic E-state index is 11.4. The lowest BCUT2D eigenvalue weighted by atomic mass is 9.91. The highest BCUT2D eigenvalue weighted by Gasteiger charge is 2.34. The van der Waals surface area contributed by atoms with Crippen molar-refractivity contribution in [3.63, 3.8) is 0 Å². The number of ether oxygens (including phenoxy) is 1. The summed E-state index contributed by atoms with van der Waals surface area (Å²) in [6, 6.07) is 1.29. The topological polar surface area (TPSA) is 105 Å². The van der Waals surface area contributed by atoms with E-state index in [1.54, 1.807) is 17.7 Å². The summed E-state index contributed by atoms with van der Waals surface area (Å²) in [5, 5.41) is 11.1. The van der Waals surface area contributed by atoms with Gasteiger partial charge in [-0.05, 0) is 70.3 Å². The van der Waals surface area contributed by atoms with Crippen molar-refractivity contribution in [2.45, 2.75) is 89.0 Å². The molecule has 3 heterocycles. The highest BCUT2D eigenvalue weighted by Crippen LogP contribution is 2.47. The predicted molar refractivity (Wildman–Crippen MR) is 133 cm³/mol. The van der Waals surface area contributed by atoms with E-state index in [0.717, 1.165) is 54.3 Å². The minimum Gasteiger partial charge on any atom is -0.474 e. The molecule has 3 aliphatic rings. The van der Waals surface area contributed by atoms with E-state index in [1.807, 2.05) is 0 Å². The third-order valence-electron chi connectivity index (χ3n) is 8.05. The van der Waals surface area contributed by atoms with Gasteiger partial charge in [-0.1, -0.05) is 0 Å². The summed E-state index contributed by atoms with van der Waals surface area (Å²) in [7, 11) is 0. The number of amides is 1. The van der Waals surface area contributed by atoms with E-state index in [0.29, 0.717) is 24.4 Å². The number of carbonyl (C=O) groups excluding carboxylic acids is 1. The molecule has 1 saturated carbocycles. The number of thiophene rings is 1. The summed E-state index contributed by atoms with van der Waals surface area (Å²) in [4.78, 5) is 27.9. The number of aromatic nitrogens is 2. The fourth-order valence-corrected chi connectivity index (χ4v) is 7.29. The molecule has 2 fully saturated rings. The van der Waals surface area contributed by atoms with Crippen LogP contribution in [0, 0.1) is 0 Å². The number of primary amides is 1. The van der Waals surface area contributed by atoms with Gasteiger partial charge in [-0.15, -0.1) is 11.3 Å². The molecule has 2 aromatic rings. The minimum absolute atomic E-state index is 0.0832. The molecule has 2 aromatic heterocycles. The predicted octanol–water partition coefficient (Wildman–Crippen LogP) is 2.67. The number of carbonyl (C=O) groups is 1. The molecule has 1 amide bonds. The van der Waals surface area contributed by atoms with Crippen LogP contribution in [0.3, 0.4) is 0 Å². The number of hydrogen-bond acceptors (Lipinski definition) is 8. The van der Waals surface area contributed by atoms with E-state index in [-0.39, 0.29) is 12.0 Å². The monoisotopic (exact) mass is 487 g/mol. The van der Waals surface area contributed by atoms with Crippen molar-refractivity contribution >= 4 is 27.5 Å². The maximum absolute atomic E-state index is 11.4. The van der Waals surface area contributed by atoms with E-state index in [9.17, 15) is 9.90 Å². The molecule has 34 heavy (non-hydrogen) atoms. The summed E-state index contributed by atoms with van der Waals surface area (Å²) < 4.78 is 6.51. The van der Waals surface area contributed by atoms with Gasteiger partial charge in [0.15, 0.2) is 0 Å². The SMILES string of the molecule is CC(C)N1CCN([C@H]2CC[C@H](Oc3ncnc4sc5c(c34)[C@@H](C[C@H](O)C(N)=O)CC5)CC2)CC1. The van der Waals surface area contributed by atoms with E-state index in [2.05, 4.69) is 33.6 Å². The Labute approximate surface area is 205 Å². The van der Waals surface area contributed by atoms with Crippen LogP contribution in [0.1, 0.15) is 68.7 Å². The van der Waals surface area contributed by atoms with Crippen molar-refractivity contribution < 1.29 is 14.6 Å². The van der Waals surface area contributed by atoms with Crippen molar-refractivity contribution in [2.75, 3.05) is 26.2 Å². The van der Waals surface area contributed by atoms with Crippen LogP contribution in [0.5, 0.6) is 5.88 Å². The molecule has 0 aromatic carbocycles. The molecule has 5 rings (SSSR count). The van der Waals surface area contributed by atoms with Gasteiger partial charge in [0, 0.05) is 43.1 Å². The average molecular weight is 488 g/mol. The Hall–Kier alpha value is -1.81. The molecule has 0 unspecified atom stereocenters. The van der Waals surface area contributed by atoms with Gasteiger partial charge in [-0.2, -0.15) is 0 Å². The van der Waals surface area contributed by atoms with Crippen LogP contribution in [-0.4, -0.2) is 81.3 Å². The Morgan fingerprint density at radius 2 is 1.91 bits per heavy atom. The molecule has 2 atom stereocenters. The first-order valence-electron chi connectivity index (χ1n) is 12.8. The lowest BCUT2D eigenvalue weighted by Crippen LogP contribution is -2.53. The van der Waals surface area contributed by atoms with Crippen LogP contribution < -0.4 is 10.5 Å². The van der Waals surface area contributed by atoms with Crippen molar-refractivity contribution in [3.8, 4) is 5.88 Å². The molecule has 0 bridgehead atoms. The number of piperazine rings is 1. The zero-order valence-electron chi connectivity index (χ0n) is 20.3. The zero-order valence-corrected chi connectivity index (χ0v) is 21.1. The molecule has 0 radical (unpaired) electrons. The number of aryl methyl sites for hydroxylation is 1. The summed E-state index contributed by atoms with van der Waals surface area (Å²) >= 11 is 1.68. The van der Waals surface area contributed by atoms with Gasteiger partial charge in [0.1, 0.15) is 23.4 Å². The van der Waals surface area contributed by atoms with E-state index in [1.165, 1.54) is 31.1 Å². The van der Waals surface area contributed by atoms with E-state index >= 15 is 0 Å². The van der Waals surface area contributed by atoms with Crippen LogP contribution in [0.15, 0.2) is 6.33 Å². The normalized spacial score (nSPS) is 27.2. The highest BCUT2D eigenvalue weighted by atomic mass is 32.1. The summed E-state index contributed by atoms with van der Waals surface area (Å²) in [5.41, 5.74) is 6.48. The van der Waals surface area contributed by atoms with Crippen molar-refractivity contribution in [3.05, 3.63) is 16.8 Å². The Bertz CT molecular complexity index is 1010. The molecule has 3 N–H and O–H groups in total. The van der Waals surface area contributed by atoms with Crippen LogP contribution in [0.25, 0.3) is 10.2 Å². The Kier molecular flexibility index (Phi) is 7.07. The first-order valence-corrected chi connectivity index (χ1v) is 13.6. The quantitative estimate of drug-likeness (QED) is 0.619. The van der Waals surface area contributed by atoms with Gasteiger partial charge in [0.05, 0.1) is 5.39 Å². The number of nitrogens with two attached hydrogens (primary N) is 1. The molecule has 1 saturated heterocycles. The molecule has 0 spiro atoms. The van der Waals surface area contributed by atoms with Crippen LogP contribution in [0.4, 0.5) is 0 Å². The molecule has 9 heteroatoms. The van der Waals surface area contributed by atoms with E-state index in [4.69, 9.17) is 10.5 Å². The molecule has 8 nitrogen and oxygen atoms in total. The first kappa shape index (κ1) is 23.9. The molecular formula is C25H37N5O3S. The number of aliphatic hydroxyl groups is 1. The van der Waals surface area contributed by atoms with Gasteiger partial charge in [0.2, 0.25) is 11.8 Å². The maximum Gasteiger partial charge on any atom is 0.246 e. The molecule has 186 valence electrons. The number of rotatable bonds is 7. The van der Waals surface area contributed by atoms with E-state index < -0.39 is 12.0 Å². The van der Waals surface area contributed by atoms with Crippen molar-refractivity contribution in [1.29, 1.82) is 0 Å². The lowest BCUT2D eigenvalue weighted by Gasteiger charge is -2.43. The third kappa shape index (κ3) is 4.80. The zero-order chi connectivity index (χ0) is 23.8. The second kappa shape index (κ2) is 10.0. The summed E-state index contributed by atoms with van der Waals surface area (Å²) in [6.07, 6.45) is 7.22. The third-order valence-corrected chi connectivity index (χ3v) is 9.22. The fourth-order valence-electron chi connectivity index (χ4n) is 6.06. The lowest BCUT2D eigenvalue weighted by molar-refractivity contribution is -0.126. The van der Waals surface area contributed by atoms with Gasteiger partial charge >= 0.3 is 0 Å². The number of hydrogen-bond donors (Lipinski definition) is 2. The Balaban J connectivity index is 1.25. The summed E-state index contributed by atoms with van der Waals surface area (Å²) in [6.45, 7) is 9.24. The molecular weight excluding hydrogens is 450 g/mol. The van der Waals surface area contributed by atoms with Gasteiger partial charge < -0.3 is 15.6 Å². The Morgan fingerprint density at radius 1 is 1.18 bits per heavy atom. The second-order valence-electron chi connectivity index (χ2n) is 10.4. The average Bonchev–Trinajstić information content (AvgIpc) is 3.39. The van der Waals surface area contributed by atoms with Crippen molar-refractivity contribution in [1.82, 2.24) is 19.8 Å². The van der Waals surface area contributed by atoms with Crippen LogP contribution in [0.2, 0.25) is 0 Å². The number of aliphatic hydroxyl groups excluding tert-OH is 1. The van der Waals surface area contributed by atoms with Crippen LogP contribution >= 0.6 is 11.3 Å². The Morgan fingerprint density at radius 3 is 2.59 bits per heavy atom. The number of nitrogens with zero attached hydrogens (tertiary/aromatic N) is 4. The number of fused-ring (bicyclic) bond motifs is 3. The minimum atomic E-state index is -1.13. The summed E-state index contributed by atoms with van der Waals surface area (Å²) in [5.74, 6) is 0.0832. The molecule has 2 aliphatic carbocycles. The first-order chi connectivity index (χ1) is 16.4. The van der Waals surface area contributed by atoms with Gasteiger partial charge in [-0.25, -0.2) is 9.97 Å². The fraction of sp³-hybridized carbons (Fsp3) is 0.720. The highest BCUT2D eigenvalue weighted by molar-refractivity contribution is 7.19. The van der Waals surface area contributed by atoms with Gasteiger partial charge in [0.25, 0.3) is 0 Å². The largest absolute Gasteiger partial charge is 0.474 e. The standard InChI is InChI=1S/C25H37N5O3S/c1-15(2)29-9-11-30(12-10-29)17-4-6-18(7-5-17)33-24-22-21-16(13-19(31)23(26)32)3-8-20(21)34-25(22)28-14-27-24/h14-19,31H,3-13H2,1-2H3,(H2,26,32)/t16-,17-,18-,19+/m1/s1. The van der Waals surface area contributed by atoms with Crippen molar-refractivity contribution in [2.24, 2.45) is 5.73 Å². The second-order valence-corrected chi connectivity index (χ2v) is 11.5. The molecule has 1 aliphatic heterocycles. The van der Waals surface area contributed by atoms with Crippen LogP contribution in [-0.2, 0) is 11.2 Å². The smallest absolute Gasteiger partial charge is 0.246 e. The van der Waals surface area contributed by atoms with Gasteiger partial charge in [-0.3, -0.25) is 14.6 Å².